The molecule has 3 N–H and O–H groups in total. The van der Waals surface area contributed by atoms with Crippen molar-refractivity contribution in [2.75, 3.05) is 13.1 Å². The summed E-state index contributed by atoms with van der Waals surface area (Å²) in [4.78, 5) is 8.92. The Kier molecular flexibility index (Phi) is 10.4. The number of nitrogens with zero attached hydrogens (tertiary/aromatic N) is 2. The van der Waals surface area contributed by atoms with Gasteiger partial charge in [0.05, 0.1) is 13.1 Å². The second kappa shape index (κ2) is 13.0. The van der Waals surface area contributed by atoms with Crippen molar-refractivity contribution in [3.05, 3.63) is 95.7 Å². The molecule has 3 rings (SSSR count). The van der Waals surface area contributed by atoms with Crippen LogP contribution in [-0.4, -0.2) is 29.1 Å². The molecule has 0 aliphatic carbocycles. The summed E-state index contributed by atoms with van der Waals surface area (Å²) < 4.78 is 5.80. The zero-order chi connectivity index (χ0) is 21.9. The monoisotopic (exact) mass is 546 g/mol. The van der Waals surface area contributed by atoms with Crippen LogP contribution in [0.1, 0.15) is 30.5 Å². The van der Waals surface area contributed by atoms with Crippen molar-refractivity contribution >= 4 is 29.9 Å². The van der Waals surface area contributed by atoms with Crippen LogP contribution in [0, 0.1) is 0 Å². The summed E-state index contributed by atoms with van der Waals surface area (Å²) in [6.45, 7) is 5.80. The van der Waals surface area contributed by atoms with Gasteiger partial charge in [-0.3, -0.25) is 0 Å². The molecule has 32 heavy (non-hydrogen) atoms. The molecular weight excluding hydrogens is 515 g/mol. The smallest absolute Gasteiger partial charge is 0.213 e. The summed E-state index contributed by atoms with van der Waals surface area (Å²) in [5.74, 6) is 1.21. The van der Waals surface area contributed by atoms with E-state index in [1.165, 1.54) is 0 Å². The summed E-state index contributed by atoms with van der Waals surface area (Å²) in [6, 6.07) is 23.4. The van der Waals surface area contributed by atoms with E-state index >= 15 is 0 Å². The molecule has 0 amide bonds. The predicted octanol–water partition coefficient (Wildman–Crippen LogP) is 4.24. The highest BCUT2D eigenvalue weighted by Crippen LogP contribution is 2.19. The molecule has 2 aromatic carbocycles. The summed E-state index contributed by atoms with van der Waals surface area (Å²) in [6.07, 6.45) is 1.73. The number of benzene rings is 2. The van der Waals surface area contributed by atoms with Crippen LogP contribution < -0.4 is 15.4 Å². The Morgan fingerprint density at radius 2 is 1.69 bits per heavy atom. The SMILES string of the molecule is CCNC(=NCc1ccnc(OCc2ccccc2)c1)NCC(C)(O)c1ccccc1.I. The van der Waals surface area contributed by atoms with Gasteiger partial charge in [-0.15, -0.1) is 24.0 Å². The number of halogens is 1. The van der Waals surface area contributed by atoms with E-state index in [1.807, 2.05) is 79.7 Å². The number of aromatic nitrogens is 1. The normalized spacial score (nSPS) is 12.9. The summed E-state index contributed by atoms with van der Waals surface area (Å²) in [5, 5.41) is 17.3. The molecule has 7 heteroatoms. The van der Waals surface area contributed by atoms with Crippen molar-refractivity contribution in [1.82, 2.24) is 15.6 Å². The van der Waals surface area contributed by atoms with Gasteiger partial charge in [-0.25, -0.2) is 9.98 Å². The first-order valence-corrected chi connectivity index (χ1v) is 10.5. The standard InChI is InChI=1S/C25H30N4O2.HI/c1-3-26-24(29-19-25(2,30)22-12-8-5-9-13-22)28-17-21-14-15-27-23(16-21)31-18-20-10-6-4-7-11-20;/h4-16,30H,3,17-19H2,1-2H3,(H2,26,28,29);1H. The maximum absolute atomic E-state index is 10.8. The molecule has 0 saturated carbocycles. The first-order chi connectivity index (χ1) is 15.1. The van der Waals surface area contributed by atoms with Crippen LogP contribution in [-0.2, 0) is 18.8 Å². The molecule has 0 radical (unpaired) electrons. The van der Waals surface area contributed by atoms with Gasteiger partial charge in [-0.1, -0.05) is 60.7 Å². The van der Waals surface area contributed by atoms with E-state index in [4.69, 9.17) is 4.74 Å². The van der Waals surface area contributed by atoms with Gasteiger partial charge in [0, 0.05) is 18.8 Å². The van der Waals surface area contributed by atoms with E-state index < -0.39 is 5.60 Å². The minimum atomic E-state index is -1.01. The number of hydrogen-bond acceptors (Lipinski definition) is 4. The fraction of sp³-hybridized carbons (Fsp3) is 0.280. The fourth-order valence-corrected chi connectivity index (χ4v) is 3.03. The molecule has 0 fully saturated rings. The quantitative estimate of drug-likeness (QED) is 0.213. The maximum atomic E-state index is 10.8. The number of rotatable bonds is 9. The Hall–Kier alpha value is -2.65. The lowest BCUT2D eigenvalue weighted by atomic mass is 9.96. The molecule has 1 heterocycles. The van der Waals surface area contributed by atoms with Crippen molar-refractivity contribution in [2.45, 2.75) is 32.6 Å². The van der Waals surface area contributed by atoms with Crippen LogP contribution in [0.15, 0.2) is 84.0 Å². The molecule has 0 aliphatic heterocycles. The lowest BCUT2D eigenvalue weighted by molar-refractivity contribution is 0.0617. The van der Waals surface area contributed by atoms with E-state index in [9.17, 15) is 5.11 Å². The Balaban J connectivity index is 0.00000363. The summed E-state index contributed by atoms with van der Waals surface area (Å²) >= 11 is 0. The zero-order valence-corrected chi connectivity index (χ0v) is 20.8. The van der Waals surface area contributed by atoms with Crippen LogP contribution in [0.5, 0.6) is 5.88 Å². The van der Waals surface area contributed by atoms with Crippen LogP contribution in [0.2, 0.25) is 0 Å². The van der Waals surface area contributed by atoms with Gasteiger partial charge < -0.3 is 20.5 Å². The van der Waals surface area contributed by atoms with Crippen molar-refractivity contribution in [3.8, 4) is 5.88 Å². The van der Waals surface area contributed by atoms with E-state index in [0.29, 0.717) is 31.5 Å². The van der Waals surface area contributed by atoms with Gasteiger partial charge in [0.2, 0.25) is 5.88 Å². The molecule has 0 spiro atoms. The van der Waals surface area contributed by atoms with Crippen molar-refractivity contribution < 1.29 is 9.84 Å². The predicted molar refractivity (Wildman–Crippen MR) is 139 cm³/mol. The van der Waals surface area contributed by atoms with Gasteiger partial charge in [0.25, 0.3) is 0 Å². The van der Waals surface area contributed by atoms with Crippen LogP contribution >= 0.6 is 24.0 Å². The van der Waals surface area contributed by atoms with E-state index in [0.717, 1.165) is 23.2 Å². The van der Waals surface area contributed by atoms with E-state index in [1.54, 1.807) is 13.1 Å². The molecule has 0 saturated heterocycles. The number of guanidine groups is 1. The molecule has 170 valence electrons. The van der Waals surface area contributed by atoms with Crippen molar-refractivity contribution in [3.63, 3.8) is 0 Å². The zero-order valence-electron chi connectivity index (χ0n) is 18.5. The first-order valence-electron chi connectivity index (χ1n) is 10.5. The van der Waals surface area contributed by atoms with E-state index in [-0.39, 0.29) is 24.0 Å². The number of aliphatic imine (C=N–C) groups is 1. The Morgan fingerprint density at radius 1 is 1.00 bits per heavy atom. The fourth-order valence-electron chi connectivity index (χ4n) is 3.03. The molecular formula is C25H31IN4O2. The van der Waals surface area contributed by atoms with Gasteiger partial charge in [0.1, 0.15) is 12.2 Å². The topological polar surface area (TPSA) is 78.8 Å². The molecule has 0 bridgehead atoms. The second-order valence-electron chi connectivity index (χ2n) is 7.47. The molecule has 1 atom stereocenters. The Morgan fingerprint density at radius 3 is 2.38 bits per heavy atom. The molecule has 3 aromatic rings. The van der Waals surface area contributed by atoms with Crippen LogP contribution in [0.25, 0.3) is 0 Å². The van der Waals surface area contributed by atoms with Crippen molar-refractivity contribution in [2.24, 2.45) is 4.99 Å². The average molecular weight is 546 g/mol. The van der Waals surface area contributed by atoms with Crippen molar-refractivity contribution in [1.29, 1.82) is 0 Å². The Labute approximate surface area is 207 Å². The summed E-state index contributed by atoms with van der Waals surface area (Å²) in [7, 11) is 0. The minimum absolute atomic E-state index is 0. The van der Waals surface area contributed by atoms with Gasteiger partial charge in [-0.2, -0.15) is 0 Å². The largest absolute Gasteiger partial charge is 0.473 e. The lowest BCUT2D eigenvalue weighted by Gasteiger charge is -2.25. The number of ether oxygens (including phenoxy) is 1. The maximum Gasteiger partial charge on any atom is 0.213 e. The number of aliphatic hydroxyl groups is 1. The average Bonchev–Trinajstić information content (AvgIpc) is 2.81. The molecule has 6 nitrogen and oxygen atoms in total. The van der Waals surface area contributed by atoms with E-state index in [2.05, 4.69) is 20.6 Å². The summed E-state index contributed by atoms with van der Waals surface area (Å²) in [5.41, 5.74) is 1.93. The highest BCUT2D eigenvalue weighted by atomic mass is 127. The molecule has 1 aromatic heterocycles. The lowest BCUT2D eigenvalue weighted by Crippen LogP contribution is -2.44. The molecule has 0 aliphatic rings. The number of nitrogens with one attached hydrogen (secondary N) is 2. The van der Waals surface area contributed by atoms with Gasteiger partial charge in [0.15, 0.2) is 5.96 Å². The van der Waals surface area contributed by atoms with Gasteiger partial charge >= 0.3 is 0 Å². The van der Waals surface area contributed by atoms with Crippen LogP contribution in [0.4, 0.5) is 0 Å². The number of pyridine rings is 1. The molecule has 1 unspecified atom stereocenters. The van der Waals surface area contributed by atoms with Crippen LogP contribution in [0.3, 0.4) is 0 Å². The minimum Gasteiger partial charge on any atom is -0.473 e. The highest BCUT2D eigenvalue weighted by Gasteiger charge is 2.22. The number of hydrogen-bond donors (Lipinski definition) is 3. The second-order valence-corrected chi connectivity index (χ2v) is 7.47. The third kappa shape index (κ3) is 8.12. The third-order valence-corrected chi connectivity index (χ3v) is 4.79. The highest BCUT2D eigenvalue weighted by molar-refractivity contribution is 14.0. The van der Waals surface area contributed by atoms with Gasteiger partial charge in [-0.05, 0) is 36.6 Å². The first kappa shape index (κ1) is 25.6. The Bertz CT molecular complexity index is 966. The third-order valence-electron chi connectivity index (χ3n) is 4.79.